The normalized spacial score (nSPS) is 15.5. The molecule has 3 atom stereocenters. The average molecular weight is 405 g/mol. The lowest BCUT2D eigenvalue weighted by molar-refractivity contribution is -0.144. The van der Waals surface area contributed by atoms with Gasteiger partial charge in [-0.2, -0.15) is 0 Å². The van der Waals surface area contributed by atoms with E-state index in [-0.39, 0.29) is 8.41 Å². The predicted molar refractivity (Wildman–Crippen MR) is 110 cm³/mol. The van der Waals surface area contributed by atoms with Crippen molar-refractivity contribution in [3.05, 3.63) is 0 Å². The van der Waals surface area contributed by atoms with Crippen LogP contribution in [0.1, 0.15) is 65.7 Å². The van der Waals surface area contributed by atoms with E-state index >= 15 is 0 Å². The lowest BCUT2D eigenvalue weighted by Crippen LogP contribution is -2.32. The molecule has 165 valence electrons. The van der Waals surface area contributed by atoms with Crippen molar-refractivity contribution in [2.45, 2.75) is 89.9 Å². The van der Waals surface area contributed by atoms with Gasteiger partial charge >= 0.3 is 17.9 Å². The van der Waals surface area contributed by atoms with Gasteiger partial charge < -0.3 is 38.3 Å². The Bertz CT molecular complexity index is 407. The fourth-order valence-corrected chi connectivity index (χ4v) is 1.41. The van der Waals surface area contributed by atoms with Crippen molar-refractivity contribution in [1.29, 1.82) is 0 Å². The highest BCUT2D eigenvalue weighted by Crippen LogP contribution is 2.14. The van der Waals surface area contributed by atoms with Crippen LogP contribution in [0.3, 0.4) is 0 Å². The summed E-state index contributed by atoms with van der Waals surface area (Å²) in [5, 5.41) is 24.1. The Labute approximate surface area is 169 Å². The largest absolute Gasteiger partial charge is 0.481 e. The van der Waals surface area contributed by atoms with Gasteiger partial charge in [-0.25, -0.2) is 0 Å². The van der Waals surface area contributed by atoms with Crippen molar-refractivity contribution < 1.29 is 29.7 Å². The van der Waals surface area contributed by atoms with Crippen LogP contribution in [0.4, 0.5) is 0 Å². The molecule has 11 N–H and O–H groups in total. The number of nitrogens with two attached hydrogens (primary N) is 4. The molecule has 1 fully saturated rings. The highest BCUT2D eigenvalue weighted by molar-refractivity contribution is 5.80. The van der Waals surface area contributed by atoms with Gasteiger partial charge in [-0.15, -0.1) is 0 Å². The van der Waals surface area contributed by atoms with E-state index in [1.54, 1.807) is 6.92 Å². The summed E-state index contributed by atoms with van der Waals surface area (Å²) in [5.74, 6) is -3.43. The minimum absolute atomic E-state index is 0. The minimum atomic E-state index is -1.29. The van der Waals surface area contributed by atoms with Gasteiger partial charge in [0.05, 0.1) is 6.42 Å². The van der Waals surface area contributed by atoms with Gasteiger partial charge in [0.1, 0.15) is 12.1 Å². The first-order valence-corrected chi connectivity index (χ1v) is 9.08. The molecular formula is C17H38BN4O6. The van der Waals surface area contributed by atoms with E-state index in [4.69, 9.17) is 38.3 Å². The van der Waals surface area contributed by atoms with Crippen LogP contribution in [0.15, 0.2) is 0 Å². The van der Waals surface area contributed by atoms with E-state index in [1.165, 1.54) is 25.7 Å². The highest BCUT2D eigenvalue weighted by atomic mass is 16.4. The quantitative estimate of drug-likeness (QED) is 0.292. The van der Waals surface area contributed by atoms with Gasteiger partial charge in [-0.1, -0.05) is 26.7 Å². The molecule has 0 aromatic carbocycles. The number of hydrogen-bond donors (Lipinski definition) is 7. The molecule has 28 heavy (non-hydrogen) atoms. The average Bonchev–Trinajstić information content (AvgIpc) is 3.05. The van der Waals surface area contributed by atoms with Crippen LogP contribution >= 0.6 is 0 Å². The number of carboxylic acids is 3. The third-order valence-corrected chi connectivity index (χ3v) is 3.51. The van der Waals surface area contributed by atoms with Crippen molar-refractivity contribution in [3.8, 4) is 0 Å². The zero-order chi connectivity index (χ0) is 22.0. The van der Waals surface area contributed by atoms with Gasteiger partial charge in [0.2, 0.25) is 0 Å². The molecule has 0 spiro atoms. The Morgan fingerprint density at radius 3 is 1.32 bits per heavy atom. The van der Waals surface area contributed by atoms with Crippen molar-refractivity contribution in [3.63, 3.8) is 0 Å². The molecule has 0 aliphatic heterocycles. The maximum atomic E-state index is 9.85. The third kappa shape index (κ3) is 29.1. The zero-order valence-corrected chi connectivity index (χ0v) is 17.2. The second-order valence-electron chi connectivity index (χ2n) is 6.33. The summed E-state index contributed by atoms with van der Waals surface area (Å²) in [7, 11) is 0. The lowest BCUT2D eigenvalue weighted by Gasteiger charge is -1.99. The Morgan fingerprint density at radius 1 is 0.893 bits per heavy atom. The zero-order valence-electron chi connectivity index (χ0n) is 17.2. The first-order chi connectivity index (χ1) is 12.4. The topological polar surface area (TPSA) is 216 Å². The molecule has 3 radical (unpaired) electrons. The number of aliphatic carboxylic acids is 3. The fraction of sp³-hybridized carbons (Fsp3) is 0.824. The van der Waals surface area contributed by atoms with E-state index in [0.29, 0.717) is 18.5 Å². The van der Waals surface area contributed by atoms with Crippen molar-refractivity contribution in [2.75, 3.05) is 0 Å². The maximum absolute atomic E-state index is 9.85. The number of carbonyl (C=O) groups is 3. The summed E-state index contributed by atoms with van der Waals surface area (Å²) in [6.07, 6.45) is 6.30. The summed E-state index contributed by atoms with van der Waals surface area (Å²) in [6.45, 7) is 5.81. The van der Waals surface area contributed by atoms with Gasteiger partial charge in [-0.3, -0.25) is 14.4 Å². The molecule has 1 aliphatic carbocycles. The second-order valence-corrected chi connectivity index (χ2v) is 6.33. The van der Waals surface area contributed by atoms with Crippen LogP contribution in [-0.2, 0) is 14.4 Å². The molecule has 10 nitrogen and oxygen atoms in total. The van der Waals surface area contributed by atoms with Crippen LogP contribution < -0.4 is 22.9 Å². The maximum Gasteiger partial charge on any atom is 0.321 e. The number of carboxylic acid groups (broad SMARTS) is 3. The van der Waals surface area contributed by atoms with E-state index in [2.05, 4.69) is 6.92 Å². The fourth-order valence-electron chi connectivity index (χ4n) is 1.41. The molecular weight excluding hydrogens is 367 g/mol. The Morgan fingerprint density at radius 2 is 1.25 bits per heavy atom. The Balaban J connectivity index is -0.000000138. The van der Waals surface area contributed by atoms with E-state index in [0.717, 1.165) is 6.42 Å². The molecule has 3 unspecified atom stereocenters. The number of rotatable bonds is 6. The lowest BCUT2D eigenvalue weighted by atomic mass is 10.2. The van der Waals surface area contributed by atoms with Crippen molar-refractivity contribution >= 4 is 26.3 Å². The second kappa shape index (κ2) is 21.6. The van der Waals surface area contributed by atoms with Crippen LogP contribution in [0, 0.1) is 0 Å². The molecule has 0 amide bonds. The SMILES string of the molecule is CCC(C)N.CCC(N)C(=O)O.NC(CC(=O)O)C(=O)O.NC1CCCC1.[B]. The first kappa shape index (κ1) is 33.9. The standard InChI is InChI=1S/C5H11N.C4H7NO4.C4H9NO2.C4H11N.B/c6-5-3-1-2-4-5;5-2(4(8)9)1-3(6)7;1-2-3(5)4(6)7;1-3-4(2)5;/h5H,1-4,6H2;2H,1,5H2,(H,6,7)(H,8,9);3H,2,5H2,1H3,(H,6,7);4H,3,5H2,1-2H3;. The Hall–Kier alpha value is -1.69. The van der Waals surface area contributed by atoms with Crippen LogP contribution in [0.2, 0.25) is 0 Å². The molecule has 0 aromatic heterocycles. The smallest absolute Gasteiger partial charge is 0.321 e. The van der Waals surface area contributed by atoms with Crippen molar-refractivity contribution in [1.82, 2.24) is 0 Å². The third-order valence-electron chi connectivity index (χ3n) is 3.51. The molecule has 1 saturated carbocycles. The molecule has 0 saturated heterocycles. The Kier molecular flexibility index (Phi) is 26.1. The monoisotopic (exact) mass is 405 g/mol. The summed E-state index contributed by atoms with van der Waals surface area (Å²) in [5.41, 5.74) is 20.7. The van der Waals surface area contributed by atoms with E-state index < -0.39 is 36.4 Å². The molecule has 0 bridgehead atoms. The molecule has 0 aromatic rings. The van der Waals surface area contributed by atoms with E-state index in [1.807, 2.05) is 6.92 Å². The van der Waals surface area contributed by atoms with E-state index in [9.17, 15) is 14.4 Å². The van der Waals surface area contributed by atoms with Gasteiger partial charge in [0.15, 0.2) is 0 Å². The summed E-state index contributed by atoms with van der Waals surface area (Å²) >= 11 is 0. The van der Waals surface area contributed by atoms with Crippen LogP contribution in [-0.4, -0.2) is 65.8 Å². The molecule has 0 heterocycles. The van der Waals surface area contributed by atoms with Crippen LogP contribution in [0.5, 0.6) is 0 Å². The highest BCUT2D eigenvalue weighted by Gasteiger charge is 2.14. The molecule has 11 heteroatoms. The molecule has 1 aliphatic rings. The minimum Gasteiger partial charge on any atom is -0.481 e. The summed E-state index contributed by atoms with van der Waals surface area (Å²) in [4.78, 5) is 29.4. The van der Waals surface area contributed by atoms with Gasteiger partial charge in [0, 0.05) is 20.5 Å². The van der Waals surface area contributed by atoms with Crippen LogP contribution in [0.25, 0.3) is 0 Å². The van der Waals surface area contributed by atoms with Gasteiger partial charge in [0.25, 0.3) is 0 Å². The predicted octanol–water partition coefficient (Wildman–Crippen LogP) is -0.0682. The summed E-state index contributed by atoms with van der Waals surface area (Å²) < 4.78 is 0. The molecule has 1 rings (SSSR count). The van der Waals surface area contributed by atoms with Crippen molar-refractivity contribution in [2.24, 2.45) is 22.9 Å². The van der Waals surface area contributed by atoms with Gasteiger partial charge in [-0.05, 0) is 32.6 Å². The first-order valence-electron chi connectivity index (χ1n) is 9.08. The summed E-state index contributed by atoms with van der Waals surface area (Å²) in [6, 6.07) is -1.04. The number of hydrogen-bond acceptors (Lipinski definition) is 7.